The summed E-state index contributed by atoms with van der Waals surface area (Å²) in [5.74, 6) is 0.000769. The number of fused-ring (bicyclic) bond motifs is 1. The molecule has 2 amide bonds. The van der Waals surface area contributed by atoms with Crippen LogP contribution in [-0.2, 0) is 34.0 Å². The van der Waals surface area contributed by atoms with Gasteiger partial charge < -0.3 is 14.2 Å². The predicted molar refractivity (Wildman–Crippen MR) is 159 cm³/mol. The number of carbonyl (C=O) groups excluding carboxylic acids is 2. The number of para-hydroxylation sites is 1. The molecule has 0 spiro atoms. The van der Waals surface area contributed by atoms with Gasteiger partial charge in [0.25, 0.3) is 5.91 Å². The van der Waals surface area contributed by atoms with Crippen molar-refractivity contribution in [2.45, 2.75) is 19.6 Å². The molecule has 3 heterocycles. The molecule has 0 N–H and O–H groups in total. The maximum Gasteiger partial charge on any atom is 0.267 e. The first kappa shape index (κ1) is 26.1. The number of amides is 2. The minimum Gasteiger partial charge on any atom is -0.378 e. The highest BCUT2D eigenvalue weighted by Crippen LogP contribution is 2.35. The van der Waals surface area contributed by atoms with E-state index in [2.05, 4.69) is 0 Å². The van der Waals surface area contributed by atoms with Crippen LogP contribution in [0.4, 0.5) is 0 Å². The van der Waals surface area contributed by atoms with Crippen LogP contribution >= 0.6 is 11.8 Å². The number of rotatable bonds is 7. The number of thioether (sulfide) groups is 1. The molecule has 0 atom stereocenters. The molecule has 2 aliphatic heterocycles. The molecule has 0 unspecified atom stereocenters. The molecular weight excluding hydrogens is 520 g/mol. The second kappa shape index (κ2) is 11.9. The molecule has 1 aromatic heterocycles. The SMILES string of the molecule is O=C(Cn1cc(/C=C2/SC(=NCc3ccccc3)N(Cc3ccccc3)C2=O)c2ccccc21)N1CCOCC1. The Balaban J connectivity index is 1.31. The zero-order chi connectivity index (χ0) is 27.3. The largest absolute Gasteiger partial charge is 0.378 e. The van der Waals surface area contributed by atoms with Gasteiger partial charge in [-0.2, -0.15) is 0 Å². The fourth-order valence-corrected chi connectivity index (χ4v) is 5.96. The molecule has 2 saturated heterocycles. The molecule has 2 fully saturated rings. The first-order valence-electron chi connectivity index (χ1n) is 13.4. The second-order valence-electron chi connectivity index (χ2n) is 9.79. The van der Waals surface area contributed by atoms with Crippen LogP contribution in [0.1, 0.15) is 16.7 Å². The lowest BCUT2D eigenvalue weighted by atomic mass is 10.1. The first-order valence-corrected chi connectivity index (χ1v) is 14.2. The van der Waals surface area contributed by atoms with Crippen molar-refractivity contribution in [3.8, 4) is 0 Å². The highest BCUT2D eigenvalue weighted by Gasteiger charge is 2.33. The lowest BCUT2D eigenvalue weighted by Gasteiger charge is -2.27. The van der Waals surface area contributed by atoms with E-state index in [1.807, 2.05) is 107 Å². The number of hydrogen-bond acceptors (Lipinski definition) is 5. The van der Waals surface area contributed by atoms with Gasteiger partial charge in [-0.3, -0.25) is 19.5 Å². The number of aromatic nitrogens is 1. The lowest BCUT2D eigenvalue weighted by Crippen LogP contribution is -2.42. The van der Waals surface area contributed by atoms with E-state index in [-0.39, 0.29) is 18.4 Å². The number of benzene rings is 3. The normalized spacial score (nSPS) is 17.9. The molecule has 2 aliphatic rings. The zero-order valence-corrected chi connectivity index (χ0v) is 22.9. The van der Waals surface area contributed by atoms with E-state index in [0.29, 0.717) is 49.5 Å². The third-order valence-corrected chi connectivity index (χ3v) is 8.13. The Morgan fingerprint density at radius 1 is 0.900 bits per heavy atom. The van der Waals surface area contributed by atoms with Crippen LogP contribution in [0.5, 0.6) is 0 Å². The number of amidine groups is 1. The van der Waals surface area contributed by atoms with Crippen molar-refractivity contribution >= 4 is 45.7 Å². The summed E-state index contributed by atoms with van der Waals surface area (Å²) >= 11 is 1.40. The lowest BCUT2D eigenvalue weighted by molar-refractivity contribution is -0.135. The van der Waals surface area contributed by atoms with Crippen LogP contribution in [-0.4, -0.2) is 57.7 Å². The number of carbonyl (C=O) groups is 2. The molecule has 4 aromatic rings. The molecule has 40 heavy (non-hydrogen) atoms. The Hall–Kier alpha value is -4.14. The van der Waals surface area contributed by atoms with E-state index in [0.717, 1.165) is 27.6 Å². The van der Waals surface area contributed by atoms with Crippen LogP contribution in [0.15, 0.2) is 101 Å². The van der Waals surface area contributed by atoms with Gasteiger partial charge in [-0.15, -0.1) is 0 Å². The van der Waals surface area contributed by atoms with Gasteiger partial charge in [-0.25, -0.2) is 0 Å². The standard InChI is InChI=1S/C32H30N4O3S/c37-30(34-15-17-39-18-16-34)23-35-22-26(27-13-7-8-14-28(27)35)19-29-31(38)36(21-25-11-5-2-6-12-25)32(40-29)33-20-24-9-3-1-4-10-24/h1-14,19,22H,15-18,20-21,23H2/b29-19+,33-32?. The topological polar surface area (TPSA) is 67.1 Å². The van der Waals surface area contributed by atoms with Crippen LogP contribution in [0, 0.1) is 0 Å². The van der Waals surface area contributed by atoms with Crippen molar-refractivity contribution in [3.63, 3.8) is 0 Å². The van der Waals surface area contributed by atoms with E-state index in [4.69, 9.17) is 9.73 Å². The maximum atomic E-state index is 13.7. The minimum atomic E-state index is -0.0677. The summed E-state index contributed by atoms with van der Waals surface area (Å²) in [4.78, 5) is 35.8. The van der Waals surface area contributed by atoms with Crippen molar-refractivity contribution < 1.29 is 14.3 Å². The van der Waals surface area contributed by atoms with Crippen molar-refractivity contribution in [1.82, 2.24) is 14.4 Å². The van der Waals surface area contributed by atoms with Gasteiger partial charge in [-0.05, 0) is 35.0 Å². The average molecular weight is 551 g/mol. The van der Waals surface area contributed by atoms with Crippen LogP contribution in [0.3, 0.4) is 0 Å². The fraction of sp³-hybridized carbons (Fsp3) is 0.219. The quantitative estimate of drug-likeness (QED) is 0.298. The molecule has 0 aliphatic carbocycles. The molecular formula is C32H30N4O3S. The van der Waals surface area contributed by atoms with Gasteiger partial charge in [0.2, 0.25) is 5.91 Å². The monoisotopic (exact) mass is 550 g/mol. The number of ether oxygens (including phenoxy) is 1. The van der Waals surface area contributed by atoms with Crippen molar-refractivity contribution in [2.75, 3.05) is 26.3 Å². The summed E-state index contributed by atoms with van der Waals surface area (Å²) in [6.45, 7) is 3.57. The summed E-state index contributed by atoms with van der Waals surface area (Å²) in [5.41, 5.74) is 4.01. The molecule has 6 rings (SSSR count). The number of hydrogen-bond donors (Lipinski definition) is 0. The molecule has 0 saturated carbocycles. The third kappa shape index (κ3) is 5.73. The Labute approximate surface area is 237 Å². The summed E-state index contributed by atoms with van der Waals surface area (Å²) in [7, 11) is 0. The Morgan fingerprint density at radius 2 is 1.57 bits per heavy atom. The Morgan fingerprint density at radius 3 is 2.33 bits per heavy atom. The molecule has 202 valence electrons. The summed E-state index contributed by atoms with van der Waals surface area (Å²) < 4.78 is 7.38. The zero-order valence-electron chi connectivity index (χ0n) is 22.1. The number of nitrogens with zero attached hydrogens (tertiary/aromatic N) is 4. The highest BCUT2D eigenvalue weighted by molar-refractivity contribution is 8.18. The molecule has 8 heteroatoms. The van der Waals surface area contributed by atoms with E-state index in [1.165, 1.54) is 11.8 Å². The number of aliphatic imine (C=N–C) groups is 1. The maximum absolute atomic E-state index is 13.7. The van der Waals surface area contributed by atoms with E-state index >= 15 is 0 Å². The smallest absolute Gasteiger partial charge is 0.267 e. The average Bonchev–Trinajstić information content (AvgIpc) is 3.50. The van der Waals surface area contributed by atoms with Gasteiger partial charge in [0.05, 0.1) is 31.2 Å². The molecule has 0 bridgehead atoms. The highest BCUT2D eigenvalue weighted by atomic mass is 32.2. The van der Waals surface area contributed by atoms with Gasteiger partial charge in [-0.1, -0.05) is 78.9 Å². The summed E-state index contributed by atoms with van der Waals surface area (Å²) in [6.07, 6.45) is 3.92. The Bertz CT molecular complexity index is 1570. The van der Waals surface area contributed by atoms with Crippen LogP contribution in [0.25, 0.3) is 17.0 Å². The van der Waals surface area contributed by atoms with Crippen molar-refractivity contribution in [3.05, 3.63) is 113 Å². The van der Waals surface area contributed by atoms with Gasteiger partial charge in [0.1, 0.15) is 6.54 Å². The second-order valence-corrected chi connectivity index (χ2v) is 10.8. The number of morpholine rings is 1. The van der Waals surface area contributed by atoms with E-state index in [1.54, 1.807) is 4.90 Å². The van der Waals surface area contributed by atoms with Crippen molar-refractivity contribution in [2.24, 2.45) is 4.99 Å². The molecule has 0 radical (unpaired) electrons. The minimum absolute atomic E-state index is 0.0677. The van der Waals surface area contributed by atoms with E-state index < -0.39 is 0 Å². The molecule has 7 nitrogen and oxygen atoms in total. The van der Waals surface area contributed by atoms with Gasteiger partial charge in [0, 0.05) is 35.8 Å². The van der Waals surface area contributed by atoms with E-state index in [9.17, 15) is 9.59 Å². The third-order valence-electron chi connectivity index (χ3n) is 7.09. The van der Waals surface area contributed by atoms with Crippen molar-refractivity contribution in [1.29, 1.82) is 0 Å². The molecule has 3 aromatic carbocycles. The van der Waals surface area contributed by atoms with Crippen LogP contribution < -0.4 is 0 Å². The predicted octanol–water partition coefficient (Wildman–Crippen LogP) is 5.17. The van der Waals surface area contributed by atoms with Crippen LogP contribution in [0.2, 0.25) is 0 Å². The van der Waals surface area contributed by atoms with Gasteiger partial charge >= 0.3 is 0 Å². The summed E-state index contributed by atoms with van der Waals surface area (Å²) in [6, 6.07) is 28.0. The fourth-order valence-electron chi connectivity index (χ4n) is 4.99. The summed E-state index contributed by atoms with van der Waals surface area (Å²) in [5, 5.41) is 1.69. The first-order chi connectivity index (χ1) is 19.7. The Kier molecular flexibility index (Phi) is 7.79. The van der Waals surface area contributed by atoms with Gasteiger partial charge in [0.15, 0.2) is 5.17 Å².